The zero-order valence-electron chi connectivity index (χ0n) is 9.67. The van der Waals surface area contributed by atoms with Crippen molar-refractivity contribution in [3.05, 3.63) is 0 Å². The lowest BCUT2D eigenvalue weighted by atomic mass is 10.1. The first-order chi connectivity index (χ1) is 6.84. The molecule has 0 heterocycles. The molecule has 1 fully saturated rings. The molecule has 1 saturated carbocycles. The quantitative estimate of drug-likeness (QED) is 0.636. The third-order valence-electron chi connectivity index (χ3n) is 3.41. The SMILES string of the molecule is CN(CCCCCCN)C1CCCC1. The Morgan fingerprint density at radius 3 is 2.36 bits per heavy atom. The fourth-order valence-electron chi connectivity index (χ4n) is 2.39. The molecule has 0 saturated heterocycles. The number of nitrogens with zero attached hydrogens (tertiary/aromatic N) is 1. The molecule has 2 nitrogen and oxygen atoms in total. The number of nitrogens with two attached hydrogens (primary N) is 1. The van der Waals surface area contributed by atoms with Gasteiger partial charge in [0, 0.05) is 6.04 Å². The van der Waals surface area contributed by atoms with Crippen LogP contribution >= 0.6 is 0 Å². The van der Waals surface area contributed by atoms with Gasteiger partial charge in [-0.05, 0) is 45.8 Å². The van der Waals surface area contributed by atoms with Crippen LogP contribution in [0.25, 0.3) is 0 Å². The van der Waals surface area contributed by atoms with Gasteiger partial charge in [-0.15, -0.1) is 0 Å². The summed E-state index contributed by atoms with van der Waals surface area (Å²) in [6.07, 6.45) is 11.0. The van der Waals surface area contributed by atoms with Crippen LogP contribution in [0.3, 0.4) is 0 Å². The average molecular weight is 198 g/mol. The fourth-order valence-corrected chi connectivity index (χ4v) is 2.39. The molecule has 0 amide bonds. The molecule has 0 aromatic heterocycles. The number of hydrogen-bond donors (Lipinski definition) is 1. The van der Waals surface area contributed by atoms with Crippen LogP contribution in [0.5, 0.6) is 0 Å². The van der Waals surface area contributed by atoms with E-state index in [9.17, 15) is 0 Å². The van der Waals surface area contributed by atoms with E-state index in [4.69, 9.17) is 5.73 Å². The molecule has 1 aliphatic rings. The van der Waals surface area contributed by atoms with Crippen molar-refractivity contribution in [2.45, 2.75) is 57.4 Å². The third-order valence-corrected chi connectivity index (χ3v) is 3.41. The lowest BCUT2D eigenvalue weighted by Gasteiger charge is -2.23. The van der Waals surface area contributed by atoms with E-state index in [0.717, 1.165) is 12.6 Å². The van der Waals surface area contributed by atoms with E-state index in [-0.39, 0.29) is 0 Å². The first-order valence-corrected chi connectivity index (χ1v) is 6.25. The topological polar surface area (TPSA) is 29.3 Å². The van der Waals surface area contributed by atoms with Crippen LogP contribution in [0.2, 0.25) is 0 Å². The summed E-state index contributed by atoms with van der Waals surface area (Å²) >= 11 is 0. The van der Waals surface area contributed by atoms with Crippen molar-refractivity contribution in [1.82, 2.24) is 4.90 Å². The predicted octanol–water partition coefficient (Wildman–Crippen LogP) is 2.38. The second-order valence-electron chi connectivity index (χ2n) is 4.62. The van der Waals surface area contributed by atoms with E-state index in [1.165, 1.54) is 57.9 Å². The minimum Gasteiger partial charge on any atom is -0.330 e. The molecule has 0 spiro atoms. The number of hydrogen-bond acceptors (Lipinski definition) is 2. The van der Waals surface area contributed by atoms with Gasteiger partial charge in [0.1, 0.15) is 0 Å². The van der Waals surface area contributed by atoms with E-state index in [0.29, 0.717) is 0 Å². The van der Waals surface area contributed by atoms with E-state index < -0.39 is 0 Å². The van der Waals surface area contributed by atoms with E-state index >= 15 is 0 Å². The summed E-state index contributed by atoms with van der Waals surface area (Å²) in [6, 6.07) is 0.893. The second kappa shape index (κ2) is 7.24. The van der Waals surface area contributed by atoms with Gasteiger partial charge >= 0.3 is 0 Å². The van der Waals surface area contributed by atoms with Crippen molar-refractivity contribution < 1.29 is 0 Å². The van der Waals surface area contributed by atoms with Gasteiger partial charge in [-0.25, -0.2) is 0 Å². The van der Waals surface area contributed by atoms with Gasteiger partial charge in [0.15, 0.2) is 0 Å². The van der Waals surface area contributed by atoms with Crippen LogP contribution < -0.4 is 5.73 Å². The highest BCUT2D eigenvalue weighted by Gasteiger charge is 2.18. The van der Waals surface area contributed by atoms with Crippen molar-refractivity contribution in [1.29, 1.82) is 0 Å². The van der Waals surface area contributed by atoms with Crippen LogP contribution in [0.4, 0.5) is 0 Å². The summed E-state index contributed by atoms with van der Waals surface area (Å²) in [5, 5.41) is 0. The number of unbranched alkanes of at least 4 members (excludes halogenated alkanes) is 3. The molecule has 0 unspecified atom stereocenters. The van der Waals surface area contributed by atoms with E-state index in [2.05, 4.69) is 11.9 Å². The Labute approximate surface area is 88.8 Å². The van der Waals surface area contributed by atoms with Crippen LogP contribution in [-0.4, -0.2) is 31.1 Å². The van der Waals surface area contributed by atoms with Crippen molar-refractivity contribution >= 4 is 0 Å². The average Bonchev–Trinajstić information content (AvgIpc) is 2.70. The van der Waals surface area contributed by atoms with Crippen LogP contribution in [0.1, 0.15) is 51.4 Å². The van der Waals surface area contributed by atoms with Crippen LogP contribution in [0.15, 0.2) is 0 Å². The molecule has 1 aliphatic carbocycles. The zero-order chi connectivity index (χ0) is 10.2. The van der Waals surface area contributed by atoms with Gasteiger partial charge in [-0.1, -0.05) is 25.7 Å². The fraction of sp³-hybridized carbons (Fsp3) is 1.00. The highest BCUT2D eigenvalue weighted by atomic mass is 15.1. The van der Waals surface area contributed by atoms with Gasteiger partial charge in [-0.2, -0.15) is 0 Å². The summed E-state index contributed by atoms with van der Waals surface area (Å²) in [4.78, 5) is 2.56. The highest BCUT2D eigenvalue weighted by molar-refractivity contribution is 4.74. The first-order valence-electron chi connectivity index (χ1n) is 6.25. The van der Waals surface area contributed by atoms with Gasteiger partial charge in [-0.3, -0.25) is 0 Å². The lowest BCUT2D eigenvalue weighted by Crippen LogP contribution is -2.29. The lowest BCUT2D eigenvalue weighted by molar-refractivity contribution is 0.240. The Morgan fingerprint density at radius 2 is 1.71 bits per heavy atom. The van der Waals surface area contributed by atoms with Crippen molar-refractivity contribution in [3.63, 3.8) is 0 Å². The Balaban J connectivity index is 1.94. The van der Waals surface area contributed by atoms with E-state index in [1.807, 2.05) is 0 Å². The molecule has 1 rings (SSSR count). The third kappa shape index (κ3) is 4.43. The van der Waals surface area contributed by atoms with E-state index in [1.54, 1.807) is 0 Å². The van der Waals surface area contributed by atoms with Crippen molar-refractivity contribution in [3.8, 4) is 0 Å². The monoisotopic (exact) mass is 198 g/mol. The molecule has 0 radical (unpaired) electrons. The first kappa shape index (κ1) is 12.0. The van der Waals surface area contributed by atoms with Gasteiger partial charge in [0.25, 0.3) is 0 Å². The maximum atomic E-state index is 5.46. The summed E-state index contributed by atoms with van der Waals surface area (Å²) < 4.78 is 0. The molecular weight excluding hydrogens is 172 g/mol. The van der Waals surface area contributed by atoms with Gasteiger partial charge in [0.05, 0.1) is 0 Å². The summed E-state index contributed by atoms with van der Waals surface area (Å²) in [6.45, 7) is 2.15. The standard InChI is InChI=1S/C12H26N2/c1-14(12-8-4-5-9-12)11-7-3-2-6-10-13/h12H,2-11,13H2,1H3. The Hall–Kier alpha value is -0.0800. The van der Waals surface area contributed by atoms with Crippen LogP contribution in [-0.2, 0) is 0 Å². The van der Waals surface area contributed by atoms with Gasteiger partial charge < -0.3 is 10.6 Å². The maximum absolute atomic E-state index is 5.46. The minimum atomic E-state index is 0.860. The number of rotatable bonds is 7. The Morgan fingerprint density at radius 1 is 1.07 bits per heavy atom. The molecule has 0 atom stereocenters. The minimum absolute atomic E-state index is 0.860. The molecule has 2 heteroatoms. The molecule has 0 bridgehead atoms. The molecule has 84 valence electrons. The summed E-state index contributed by atoms with van der Waals surface area (Å²) in [5.74, 6) is 0. The molecule has 2 N–H and O–H groups in total. The molecule has 0 aromatic carbocycles. The van der Waals surface area contributed by atoms with Crippen LogP contribution in [0, 0.1) is 0 Å². The smallest absolute Gasteiger partial charge is 0.00922 e. The normalized spacial score (nSPS) is 18.2. The predicted molar refractivity (Wildman–Crippen MR) is 62.4 cm³/mol. The second-order valence-corrected chi connectivity index (χ2v) is 4.62. The largest absolute Gasteiger partial charge is 0.330 e. The molecular formula is C12H26N2. The maximum Gasteiger partial charge on any atom is 0.00922 e. The Bertz CT molecular complexity index is 130. The molecule has 0 aliphatic heterocycles. The Kier molecular flexibility index (Phi) is 6.20. The van der Waals surface area contributed by atoms with Crippen molar-refractivity contribution in [2.75, 3.05) is 20.1 Å². The highest BCUT2D eigenvalue weighted by Crippen LogP contribution is 2.22. The van der Waals surface area contributed by atoms with Crippen molar-refractivity contribution in [2.24, 2.45) is 5.73 Å². The molecule has 0 aromatic rings. The zero-order valence-corrected chi connectivity index (χ0v) is 9.67. The summed E-state index contributed by atoms with van der Waals surface area (Å²) in [7, 11) is 2.29. The molecule has 14 heavy (non-hydrogen) atoms. The van der Waals surface area contributed by atoms with Gasteiger partial charge in [0.2, 0.25) is 0 Å². The summed E-state index contributed by atoms with van der Waals surface area (Å²) in [5.41, 5.74) is 5.46.